The van der Waals surface area contributed by atoms with Crippen LogP contribution in [0.3, 0.4) is 0 Å². The van der Waals surface area contributed by atoms with Crippen LogP contribution >= 0.6 is 11.6 Å². The van der Waals surface area contributed by atoms with Gasteiger partial charge in [0.1, 0.15) is 5.75 Å². The second-order valence-electron chi connectivity index (χ2n) is 6.08. The molecule has 0 aliphatic rings. The minimum Gasteiger partial charge on any atom is -0.497 e. The Bertz CT molecular complexity index is 1050. The first kappa shape index (κ1) is 18.7. The lowest BCUT2D eigenvalue weighted by Crippen LogP contribution is -2.10. The molecule has 3 aromatic rings. The van der Waals surface area contributed by atoms with Gasteiger partial charge in [0.2, 0.25) is 0 Å². The molecular weight excluding hydrogens is 366 g/mol. The lowest BCUT2D eigenvalue weighted by molar-refractivity contribution is -0.136. The van der Waals surface area contributed by atoms with Gasteiger partial charge >= 0.3 is 5.97 Å². The van der Waals surface area contributed by atoms with Gasteiger partial charge in [-0.05, 0) is 54.5 Å². The van der Waals surface area contributed by atoms with Crippen LogP contribution in [0.5, 0.6) is 5.75 Å². The quantitative estimate of drug-likeness (QED) is 0.654. The molecule has 0 radical (unpaired) electrons. The number of ether oxygens (including phenoxy) is 1. The third-order valence-corrected chi connectivity index (χ3v) is 4.63. The number of hydrogen-bond acceptors (Lipinski definition) is 3. The molecule has 0 fully saturated rings. The Hall–Kier alpha value is -3.05. The van der Waals surface area contributed by atoms with Crippen LogP contribution in [-0.2, 0) is 11.2 Å². The van der Waals surface area contributed by atoms with Gasteiger partial charge in [-0.25, -0.2) is 0 Å². The van der Waals surface area contributed by atoms with Gasteiger partial charge in [-0.15, -0.1) is 0 Å². The molecular formula is C21H18ClNO4. The molecule has 1 aromatic heterocycles. The Labute approximate surface area is 161 Å². The monoisotopic (exact) mass is 383 g/mol. The van der Waals surface area contributed by atoms with E-state index in [1.807, 2.05) is 12.1 Å². The number of halogens is 1. The lowest BCUT2D eigenvalue weighted by atomic mass is 10.1. The highest BCUT2D eigenvalue weighted by Crippen LogP contribution is 2.30. The highest BCUT2D eigenvalue weighted by atomic mass is 35.5. The van der Waals surface area contributed by atoms with Crippen molar-refractivity contribution in [2.75, 3.05) is 7.11 Å². The zero-order chi connectivity index (χ0) is 19.6. The van der Waals surface area contributed by atoms with E-state index in [4.69, 9.17) is 16.3 Å². The molecule has 0 saturated heterocycles. The average Bonchev–Trinajstić information content (AvgIpc) is 2.91. The van der Waals surface area contributed by atoms with E-state index in [2.05, 4.69) is 0 Å². The van der Waals surface area contributed by atoms with Gasteiger partial charge in [-0.1, -0.05) is 23.7 Å². The van der Waals surface area contributed by atoms with E-state index in [1.165, 1.54) is 10.6 Å². The summed E-state index contributed by atoms with van der Waals surface area (Å²) in [4.78, 5) is 24.1. The Kier molecular flexibility index (Phi) is 5.33. The molecule has 0 amide bonds. The minimum absolute atomic E-state index is 0.170. The van der Waals surface area contributed by atoms with E-state index < -0.39 is 5.97 Å². The Morgan fingerprint density at radius 2 is 1.89 bits per heavy atom. The van der Waals surface area contributed by atoms with Crippen molar-refractivity contribution in [3.8, 4) is 5.75 Å². The van der Waals surface area contributed by atoms with Gasteiger partial charge in [-0.2, -0.15) is 0 Å². The molecule has 0 bridgehead atoms. The minimum atomic E-state index is -0.955. The van der Waals surface area contributed by atoms with Crippen molar-refractivity contribution in [1.29, 1.82) is 0 Å². The predicted molar refractivity (Wildman–Crippen MR) is 106 cm³/mol. The number of carboxylic acid groups (broad SMARTS) is 1. The van der Waals surface area contributed by atoms with Crippen LogP contribution in [-0.4, -0.2) is 28.7 Å². The zero-order valence-electron chi connectivity index (χ0n) is 14.9. The summed E-state index contributed by atoms with van der Waals surface area (Å²) >= 11 is 5.87. The summed E-state index contributed by atoms with van der Waals surface area (Å²) in [5, 5.41) is 10.6. The van der Waals surface area contributed by atoms with Crippen LogP contribution in [0, 0.1) is 6.92 Å². The fourth-order valence-corrected chi connectivity index (χ4v) is 3.19. The molecule has 0 aliphatic heterocycles. The number of carbonyl (C=O) groups excluding carboxylic acids is 1. The molecule has 0 saturated carbocycles. The lowest BCUT2D eigenvalue weighted by Gasteiger charge is -2.04. The summed E-state index contributed by atoms with van der Waals surface area (Å²) < 4.78 is 6.77. The number of fused-ring (bicyclic) bond motifs is 1. The Morgan fingerprint density at radius 1 is 1.19 bits per heavy atom. The number of hydrogen-bond donors (Lipinski definition) is 1. The number of aromatic nitrogens is 1. The highest BCUT2D eigenvalue weighted by Gasteiger charge is 2.19. The van der Waals surface area contributed by atoms with Crippen LogP contribution in [0.4, 0.5) is 0 Å². The van der Waals surface area contributed by atoms with Crippen LogP contribution < -0.4 is 4.74 Å². The van der Waals surface area contributed by atoms with E-state index in [-0.39, 0.29) is 12.3 Å². The van der Waals surface area contributed by atoms with E-state index in [9.17, 15) is 14.7 Å². The summed E-state index contributed by atoms with van der Waals surface area (Å²) in [5.41, 5.74) is 2.70. The topological polar surface area (TPSA) is 68.5 Å². The predicted octanol–water partition coefficient (Wildman–Crippen LogP) is 4.59. The third kappa shape index (κ3) is 3.88. The van der Waals surface area contributed by atoms with Gasteiger partial charge in [-0.3, -0.25) is 14.2 Å². The number of nitrogens with zero attached hydrogens (tertiary/aromatic N) is 1. The summed E-state index contributed by atoms with van der Waals surface area (Å²) in [5.74, 6) is -0.603. The van der Waals surface area contributed by atoms with Gasteiger partial charge in [0.25, 0.3) is 5.91 Å². The second-order valence-corrected chi connectivity index (χ2v) is 6.51. The number of benzene rings is 2. The molecule has 0 atom stereocenters. The molecule has 5 nitrogen and oxygen atoms in total. The van der Waals surface area contributed by atoms with Crippen molar-refractivity contribution >= 4 is 40.5 Å². The van der Waals surface area contributed by atoms with Crippen molar-refractivity contribution in [3.63, 3.8) is 0 Å². The van der Waals surface area contributed by atoms with Gasteiger partial charge in [0, 0.05) is 22.2 Å². The first-order valence-electron chi connectivity index (χ1n) is 8.28. The maximum absolute atomic E-state index is 12.8. The summed E-state index contributed by atoms with van der Waals surface area (Å²) in [6, 6.07) is 12.4. The van der Waals surface area contributed by atoms with Gasteiger partial charge in [0.05, 0.1) is 19.0 Å². The zero-order valence-corrected chi connectivity index (χ0v) is 15.7. The van der Waals surface area contributed by atoms with E-state index in [0.717, 1.165) is 5.56 Å². The Morgan fingerprint density at radius 3 is 2.52 bits per heavy atom. The SMILES string of the molecule is COc1ccc2c(c1)c(CC(=O)O)c(C)n2C(=O)C=Cc1ccc(Cl)cc1. The van der Waals surface area contributed by atoms with Crippen LogP contribution in [0.15, 0.2) is 48.5 Å². The number of allylic oxidation sites excluding steroid dienone is 1. The maximum atomic E-state index is 12.8. The number of aliphatic carboxylic acids is 1. The summed E-state index contributed by atoms with van der Waals surface area (Å²) in [6.07, 6.45) is 2.99. The van der Waals surface area contributed by atoms with E-state index in [1.54, 1.807) is 50.4 Å². The fourth-order valence-electron chi connectivity index (χ4n) is 3.06. The first-order valence-corrected chi connectivity index (χ1v) is 8.66. The van der Waals surface area contributed by atoms with Gasteiger partial charge < -0.3 is 9.84 Å². The molecule has 1 N–H and O–H groups in total. The number of methoxy groups -OCH3 is 1. The van der Waals surface area contributed by atoms with Crippen molar-refractivity contribution in [3.05, 3.63) is 70.4 Å². The second kappa shape index (κ2) is 7.68. The first-order chi connectivity index (χ1) is 12.9. The number of carbonyl (C=O) groups is 2. The van der Waals surface area contributed by atoms with Crippen molar-refractivity contribution < 1.29 is 19.4 Å². The molecule has 6 heteroatoms. The fraction of sp³-hybridized carbons (Fsp3) is 0.143. The van der Waals surface area contributed by atoms with Crippen molar-refractivity contribution in [1.82, 2.24) is 4.57 Å². The van der Waals surface area contributed by atoms with Crippen LogP contribution in [0.1, 0.15) is 21.6 Å². The average molecular weight is 384 g/mol. The molecule has 138 valence electrons. The molecule has 3 rings (SSSR count). The normalized spacial score (nSPS) is 11.2. The molecule has 0 spiro atoms. The van der Waals surface area contributed by atoms with Crippen LogP contribution in [0.2, 0.25) is 5.02 Å². The smallest absolute Gasteiger partial charge is 0.307 e. The highest BCUT2D eigenvalue weighted by molar-refractivity contribution is 6.30. The number of carboxylic acids is 1. The van der Waals surface area contributed by atoms with Crippen molar-refractivity contribution in [2.45, 2.75) is 13.3 Å². The van der Waals surface area contributed by atoms with E-state index in [0.29, 0.717) is 32.9 Å². The molecule has 0 unspecified atom stereocenters. The maximum Gasteiger partial charge on any atom is 0.307 e. The van der Waals surface area contributed by atoms with Crippen molar-refractivity contribution in [2.24, 2.45) is 0 Å². The molecule has 1 heterocycles. The molecule has 27 heavy (non-hydrogen) atoms. The molecule has 0 aliphatic carbocycles. The summed E-state index contributed by atoms with van der Waals surface area (Å²) in [6.45, 7) is 1.75. The standard InChI is InChI=1S/C21H18ClNO4/c1-13-17(12-21(25)26)18-11-16(27-2)8-9-19(18)23(13)20(24)10-5-14-3-6-15(22)7-4-14/h3-11H,12H2,1-2H3,(H,25,26). The summed E-state index contributed by atoms with van der Waals surface area (Å²) in [7, 11) is 1.54. The van der Waals surface area contributed by atoms with Gasteiger partial charge in [0.15, 0.2) is 0 Å². The molecule has 2 aromatic carbocycles. The third-order valence-electron chi connectivity index (χ3n) is 4.38. The van der Waals surface area contributed by atoms with E-state index >= 15 is 0 Å². The Balaban J connectivity index is 2.07. The largest absolute Gasteiger partial charge is 0.497 e. The number of rotatable bonds is 5. The van der Waals surface area contributed by atoms with Crippen LogP contribution in [0.25, 0.3) is 17.0 Å².